The number of hydrogen-bond donors (Lipinski definition) is 1. The highest BCUT2D eigenvalue weighted by molar-refractivity contribution is 9.10. The molecule has 4 nitrogen and oxygen atoms in total. The van der Waals surface area contributed by atoms with Crippen molar-refractivity contribution in [2.75, 3.05) is 0 Å². The Morgan fingerprint density at radius 3 is 2.89 bits per heavy atom. The molecule has 0 bridgehead atoms. The van der Waals surface area contributed by atoms with Crippen LogP contribution >= 0.6 is 15.9 Å². The van der Waals surface area contributed by atoms with E-state index in [1.807, 2.05) is 10.7 Å². The van der Waals surface area contributed by atoms with Crippen molar-refractivity contribution in [2.45, 2.75) is 39.3 Å². The number of benzene rings is 1. The van der Waals surface area contributed by atoms with E-state index < -0.39 is 0 Å². The van der Waals surface area contributed by atoms with E-state index in [0.717, 1.165) is 28.8 Å². The summed E-state index contributed by atoms with van der Waals surface area (Å²) < 4.78 is 3.04. The summed E-state index contributed by atoms with van der Waals surface area (Å²) in [6.07, 6.45) is 3.36. The Morgan fingerprint density at radius 1 is 1.42 bits per heavy atom. The van der Waals surface area contributed by atoms with Crippen LogP contribution in [0.4, 0.5) is 0 Å². The Kier molecular flexibility index (Phi) is 4.71. The van der Waals surface area contributed by atoms with Gasteiger partial charge in [-0.25, -0.2) is 4.98 Å². The molecule has 0 saturated carbocycles. The van der Waals surface area contributed by atoms with Gasteiger partial charge in [0.05, 0.1) is 0 Å². The van der Waals surface area contributed by atoms with Crippen LogP contribution in [0.25, 0.3) is 0 Å². The minimum absolute atomic E-state index is 0.0494. The summed E-state index contributed by atoms with van der Waals surface area (Å²) in [5.74, 6) is 0.954. The number of nitrogens with two attached hydrogens (primary N) is 1. The predicted octanol–water partition coefficient (Wildman–Crippen LogP) is 3.00. The summed E-state index contributed by atoms with van der Waals surface area (Å²) >= 11 is 3.50. The van der Waals surface area contributed by atoms with Crippen LogP contribution < -0.4 is 5.73 Å². The lowest BCUT2D eigenvalue weighted by molar-refractivity contribution is 0.548. The fraction of sp³-hybridized carbons (Fsp3) is 0.429. The summed E-state index contributed by atoms with van der Waals surface area (Å²) in [6, 6.07) is 6.17. The molecule has 0 aliphatic heterocycles. The third-order valence-electron chi connectivity index (χ3n) is 3.14. The third-order valence-corrected chi connectivity index (χ3v) is 4.03. The second-order valence-electron chi connectivity index (χ2n) is 4.72. The zero-order chi connectivity index (χ0) is 13.8. The fourth-order valence-corrected chi connectivity index (χ4v) is 2.30. The van der Waals surface area contributed by atoms with Gasteiger partial charge in [-0.1, -0.05) is 35.0 Å². The van der Waals surface area contributed by atoms with Crippen LogP contribution in [0, 0.1) is 6.92 Å². The van der Waals surface area contributed by atoms with Gasteiger partial charge in [-0.15, -0.1) is 0 Å². The van der Waals surface area contributed by atoms with Crippen LogP contribution in [-0.4, -0.2) is 14.8 Å². The smallest absolute Gasteiger partial charge is 0.138 e. The van der Waals surface area contributed by atoms with E-state index >= 15 is 0 Å². The molecule has 0 aliphatic carbocycles. The molecular formula is C14H19BrN4. The van der Waals surface area contributed by atoms with E-state index in [0.29, 0.717) is 6.42 Å². The molecule has 0 amide bonds. The number of hydrogen-bond acceptors (Lipinski definition) is 3. The van der Waals surface area contributed by atoms with Gasteiger partial charge < -0.3 is 5.73 Å². The van der Waals surface area contributed by atoms with Crippen molar-refractivity contribution in [1.29, 1.82) is 0 Å². The van der Waals surface area contributed by atoms with Gasteiger partial charge in [-0.2, -0.15) is 5.10 Å². The molecular weight excluding hydrogens is 304 g/mol. The normalized spacial score (nSPS) is 12.6. The largest absolute Gasteiger partial charge is 0.324 e. The summed E-state index contributed by atoms with van der Waals surface area (Å²) in [6.45, 7) is 5.09. The van der Waals surface area contributed by atoms with Crippen molar-refractivity contribution in [1.82, 2.24) is 14.8 Å². The predicted molar refractivity (Wildman–Crippen MR) is 79.8 cm³/mol. The van der Waals surface area contributed by atoms with Crippen LogP contribution in [0.3, 0.4) is 0 Å². The van der Waals surface area contributed by atoms with E-state index in [1.165, 1.54) is 5.56 Å². The van der Waals surface area contributed by atoms with Crippen molar-refractivity contribution < 1.29 is 0 Å². The molecule has 1 atom stereocenters. The van der Waals surface area contributed by atoms with E-state index in [9.17, 15) is 0 Å². The van der Waals surface area contributed by atoms with Gasteiger partial charge in [0.2, 0.25) is 0 Å². The lowest BCUT2D eigenvalue weighted by atomic mass is 10.0. The van der Waals surface area contributed by atoms with Gasteiger partial charge in [-0.05, 0) is 30.5 Å². The molecule has 0 spiro atoms. The lowest BCUT2D eigenvalue weighted by Gasteiger charge is -2.13. The Labute approximate surface area is 122 Å². The Bertz CT molecular complexity index is 550. The summed E-state index contributed by atoms with van der Waals surface area (Å²) in [5, 5.41) is 4.23. The number of nitrogens with zero attached hydrogens (tertiary/aromatic N) is 3. The Hall–Kier alpha value is -1.20. The average Bonchev–Trinajstić information content (AvgIpc) is 2.80. The van der Waals surface area contributed by atoms with Crippen LogP contribution in [0.15, 0.2) is 29.0 Å². The first-order valence-electron chi connectivity index (χ1n) is 6.50. The maximum Gasteiger partial charge on any atom is 0.138 e. The van der Waals surface area contributed by atoms with E-state index in [2.05, 4.69) is 52.0 Å². The van der Waals surface area contributed by atoms with Gasteiger partial charge >= 0.3 is 0 Å². The highest BCUT2D eigenvalue weighted by Crippen LogP contribution is 2.22. The molecule has 1 aromatic carbocycles. The zero-order valence-corrected chi connectivity index (χ0v) is 12.9. The SMILES string of the molecule is CCCn1ncnc1CC(N)c1ccc(Br)c(C)c1. The third kappa shape index (κ3) is 3.42. The standard InChI is InChI=1S/C14H19BrN4/c1-3-6-19-14(17-9-18-19)8-13(16)11-4-5-12(15)10(2)7-11/h4-5,7,9,13H,3,6,8,16H2,1-2H3. The van der Waals surface area contributed by atoms with Crippen molar-refractivity contribution in [3.63, 3.8) is 0 Å². The van der Waals surface area contributed by atoms with Crippen molar-refractivity contribution in [2.24, 2.45) is 5.73 Å². The first-order chi connectivity index (χ1) is 9.11. The van der Waals surface area contributed by atoms with Crippen molar-refractivity contribution >= 4 is 15.9 Å². The van der Waals surface area contributed by atoms with Gasteiger partial charge in [-0.3, -0.25) is 4.68 Å². The zero-order valence-electron chi connectivity index (χ0n) is 11.3. The molecule has 2 N–H and O–H groups in total. The number of rotatable bonds is 5. The molecule has 1 aromatic heterocycles. The topological polar surface area (TPSA) is 56.7 Å². The van der Waals surface area contributed by atoms with Gasteiger partial charge in [0.15, 0.2) is 0 Å². The molecule has 0 radical (unpaired) electrons. The van der Waals surface area contributed by atoms with Gasteiger partial charge in [0.1, 0.15) is 12.2 Å². The van der Waals surface area contributed by atoms with E-state index in [4.69, 9.17) is 5.73 Å². The second kappa shape index (κ2) is 6.30. The minimum atomic E-state index is -0.0494. The van der Waals surface area contributed by atoms with Crippen molar-refractivity contribution in [3.05, 3.63) is 46.0 Å². The first kappa shape index (κ1) is 14.2. The number of halogens is 1. The molecule has 1 unspecified atom stereocenters. The lowest BCUT2D eigenvalue weighted by Crippen LogP contribution is -2.17. The first-order valence-corrected chi connectivity index (χ1v) is 7.29. The maximum absolute atomic E-state index is 6.27. The van der Waals surface area contributed by atoms with Gasteiger partial charge in [0, 0.05) is 23.5 Å². The van der Waals surface area contributed by atoms with Crippen LogP contribution in [-0.2, 0) is 13.0 Å². The molecule has 5 heteroatoms. The molecule has 102 valence electrons. The van der Waals surface area contributed by atoms with Crippen molar-refractivity contribution in [3.8, 4) is 0 Å². The summed E-state index contributed by atoms with van der Waals surface area (Å²) in [7, 11) is 0. The number of aromatic nitrogens is 3. The summed E-state index contributed by atoms with van der Waals surface area (Å²) in [5.41, 5.74) is 8.60. The Morgan fingerprint density at radius 2 is 2.21 bits per heavy atom. The van der Waals surface area contributed by atoms with Gasteiger partial charge in [0.25, 0.3) is 0 Å². The highest BCUT2D eigenvalue weighted by atomic mass is 79.9. The molecule has 1 heterocycles. The highest BCUT2D eigenvalue weighted by Gasteiger charge is 2.12. The molecule has 0 aliphatic rings. The quantitative estimate of drug-likeness (QED) is 0.920. The molecule has 2 aromatic rings. The molecule has 0 saturated heterocycles. The van der Waals surface area contributed by atoms with Crippen LogP contribution in [0.2, 0.25) is 0 Å². The molecule has 19 heavy (non-hydrogen) atoms. The average molecular weight is 323 g/mol. The second-order valence-corrected chi connectivity index (χ2v) is 5.57. The fourth-order valence-electron chi connectivity index (χ4n) is 2.06. The monoisotopic (exact) mass is 322 g/mol. The maximum atomic E-state index is 6.27. The van der Waals surface area contributed by atoms with Crippen LogP contribution in [0.5, 0.6) is 0 Å². The molecule has 2 rings (SSSR count). The van der Waals surface area contributed by atoms with Crippen LogP contribution in [0.1, 0.15) is 36.3 Å². The number of aryl methyl sites for hydroxylation is 2. The molecule has 0 fully saturated rings. The minimum Gasteiger partial charge on any atom is -0.324 e. The van der Waals surface area contributed by atoms with E-state index in [-0.39, 0.29) is 6.04 Å². The van der Waals surface area contributed by atoms with E-state index in [1.54, 1.807) is 6.33 Å². The Balaban J connectivity index is 2.13. The summed E-state index contributed by atoms with van der Waals surface area (Å²) in [4.78, 5) is 4.30.